The van der Waals surface area contributed by atoms with Gasteiger partial charge in [0, 0.05) is 41.8 Å². The zero-order valence-corrected chi connectivity index (χ0v) is 18.2. The number of fused-ring (bicyclic) bond motifs is 1. The first-order valence-electron chi connectivity index (χ1n) is 10.7. The maximum atomic E-state index is 15.7. The van der Waals surface area contributed by atoms with Crippen LogP contribution >= 0.6 is 0 Å². The Morgan fingerprint density at radius 3 is 2.81 bits per heavy atom. The summed E-state index contributed by atoms with van der Waals surface area (Å²) < 4.78 is 17.5. The number of Topliss-reactive ketones (excluding diaryl/α,β-unsaturated/α-hetero) is 1. The van der Waals surface area contributed by atoms with Crippen LogP contribution in [-0.2, 0) is 17.3 Å². The molecule has 0 radical (unpaired) electrons. The molecule has 1 aliphatic carbocycles. The van der Waals surface area contributed by atoms with Crippen LogP contribution in [0.25, 0.3) is 11.3 Å². The largest absolute Gasteiger partial charge is 0.359 e. The summed E-state index contributed by atoms with van der Waals surface area (Å²) in [6.45, 7) is 5.65. The van der Waals surface area contributed by atoms with Crippen LogP contribution in [-0.4, -0.2) is 27.9 Å². The Hall–Kier alpha value is -3.09. The predicted octanol–water partition coefficient (Wildman–Crippen LogP) is 4.61. The molecule has 1 N–H and O–H groups in total. The third-order valence-corrected chi connectivity index (χ3v) is 6.99. The first kappa shape index (κ1) is 19.8. The highest BCUT2D eigenvalue weighted by Gasteiger charge is 2.56. The number of aromatic nitrogens is 2. The van der Waals surface area contributed by atoms with Crippen molar-refractivity contribution in [2.24, 2.45) is 22.7 Å². The summed E-state index contributed by atoms with van der Waals surface area (Å²) in [5.74, 6) is -0.0135. The van der Waals surface area contributed by atoms with Gasteiger partial charge in [-0.05, 0) is 24.1 Å². The van der Waals surface area contributed by atoms with Gasteiger partial charge in [0.15, 0.2) is 11.9 Å². The first-order chi connectivity index (χ1) is 14.8. The molecule has 0 bridgehead atoms. The van der Waals surface area contributed by atoms with Crippen molar-refractivity contribution in [1.82, 2.24) is 15.1 Å². The number of hydrogen-bond donors (Lipinski definition) is 1. The second kappa shape index (κ2) is 6.70. The minimum absolute atomic E-state index is 0.0135. The fraction of sp³-hybridized carbons (Fsp3) is 0.417. The summed E-state index contributed by atoms with van der Waals surface area (Å²) in [4.78, 5) is 13.5. The van der Waals surface area contributed by atoms with Crippen LogP contribution in [0.15, 0.2) is 69.8 Å². The van der Waals surface area contributed by atoms with E-state index in [0.717, 1.165) is 22.4 Å². The van der Waals surface area contributed by atoms with Crippen molar-refractivity contribution in [2.45, 2.75) is 51.4 Å². The summed E-state index contributed by atoms with van der Waals surface area (Å²) in [5.41, 5.74) is 3.17. The van der Waals surface area contributed by atoms with E-state index in [0.29, 0.717) is 17.7 Å². The van der Waals surface area contributed by atoms with Crippen LogP contribution in [0.5, 0.6) is 0 Å². The molecule has 3 aliphatic rings. The Morgan fingerprint density at radius 2 is 2.10 bits per heavy atom. The van der Waals surface area contributed by atoms with Crippen LogP contribution < -0.4 is 5.32 Å². The number of carbonyl (C=O) groups excluding carboxylic acids is 1. The Kier molecular flexibility index (Phi) is 4.29. The van der Waals surface area contributed by atoms with E-state index < -0.39 is 23.2 Å². The lowest BCUT2D eigenvalue weighted by Gasteiger charge is -2.49. The van der Waals surface area contributed by atoms with Crippen LogP contribution in [0, 0.1) is 5.41 Å². The van der Waals surface area contributed by atoms with Gasteiger partial charge in [0.2, 0.25) is 0 Å². The fourth-order valence-corrected chi connectivity index (χ4v) is 5.41. The Morgan fingerprint density at radius 1 is 1.29 bits per heavy atom. The average Bonchev–Trinajstić information content (AvgIpc) is 3.39. The second-order valence-corrected chi connectivity index (χ2v) is 9.28. The number of ketones is 1. The number of allylic oxidation sites excluding steroid dienone is 2. The molecule has 3 heterocycles. The van der Waals surface area contributed by atoms with Crippen molar-refractivity contribution in [3.8, 4) is 11.3 Å². The minimum Gasteiger partial charge on any atom is -0.359 e. The Balaban J connectivity index is 1.78. The smallest absolute Gasteiger partial charge is 0.164 e. The third kappa shape index (κ3) is 2.68. The molecule has 1 aromatic carbocycles. The van der Waals surface area contributed by atoms with Gasteiger partial charge in [0.1, 0.15) is 6.17 Å². The molecule has 2 aliphatic heterocycles. The molecular formula is C24H26FN5O. The van der Waals surface area contributed by atoms with E-state index in [4.69, 9.17) is 0 Å². The van der Waals surface area contributed by atoms with Gasteiger partial charge in [0.25, 0.3) is 0 Å². The van der Waals surface area contributed by atoms with E-state index in [1.165, 1.54) is 0 Å². The van der Waals surface area contributed by atoms with Crippen molar-refractivity contribution >= 4 is 5.78 Å². The average molecular weight is 420 g/mol. The molecule has 1 aromatic heterocycles. The first-order valence-corrected chi connectivity index (χ1v) is 10.7. The van der Waals surface area contributed by atoms with E-state index >= 15 is 4.39 Å². The molecule has 5 rings (SSSR count). The Bertz CT molecular complexity index is 1170. The quantitative estimate of drug-likeness (QED) is 0.790. The topological polar surface area (TPSA) is 71.6 Å². The molecule has 1 unspecified atom stereocenters. The van der Waals surface area contributed by atoms with Gasteiger partial charge in [-0.25, -0.2) is 4.39 Å². The molecule has 2 aromatic rings. The van der Waals surface area contributed by atoms with Crippen molar-refractivity contribution < 1.29 is 9.18 Å². The highest BCUT2D eigenvalue weighted by Crippen LogP contribution is 2.54. The van der Waals surface area contributed by atoms with Gasteiger partial charge in [-0.3, -0.25) is 9.48 Å². The standard InChI is InChI=1S/C24H26FN5O/c1-5-24(15-8-6-7-14(11-15)17-9-10-27-30(17)4)16-13-26-29-22(16)28-20-19(24)18(31)12-23(2,3)21(20)25/h6-11,13,21-22,28H,5,12H2,1-4H3/t21-,22?,24+/m1/s1. The number of benzene rings is 1. The van der Waals surface area contributed by atoms with Crippen LogP contribution in [0.3, 0.4) is 0 Å². The molecule has 6 nitrogen and oxygen atoms in total. The Labute approximate surface area is 180 Å². The summed E-state index contributed by atoms with van der Waals surface area (Å²) in [6, 6.07) is 10.1. The molecule has 0 fully saturated rings. The number of aryl methyl sites for hydroxylation is 1. The number of nitrogens with one attached hydrogen (secondary N) is 1. The lowest BCUT2D eigenvalue weighted by Crippen LogP contribution is -2.55. The van der Waals surface area contributed by atoms with Crippen molar-refractivity contribution in [3.05, 3.63) is 65.1 Å². The second-order valence-electron chi connectivity index (χ2n) is 9.28. The normalized spacial score (nSPS) is 28.8. The number of nitrogens with zero attached hydrogens (tertiary/aromatic N) is 4. The van der Waals surface area contributed by atoms with Gasteiger partial charge in [0.05, 0.1) is 23.0 Å². The van der Waals surface area contributed by atoms with E-state index in [1.807, 2.05) is 42.9 Å². The number of alkyl halides is 1. The number of halogens is 1. The maximum absolute atomic E-state index is 15.7. The van der Waals surface area contributed by atoms with Crippen LogP contribution in [0.4, 0.5) is 4.39 Å². The lowest BCUT2D eigenvalue weighted by atomic mass is 9.58. The van der Waals surface area contributed by atoms with Gasteiger partial charge in [-0.1, -0.05) is 39.0 Å². The summed E-state index contributed by atoms with van der Waals surface area (Å²) in [7, 11) is 1.90. The molecule has 0 saturated carbocycles. The molecule has 0 saturated heterocycles. The molecule has 31 heavy (non-hydrogen) atoms. The maximum Gasteiger partial charge on any atom is 0.164 e. The van der Waals surface area contributed by atoms with E-state index in [1.54, 1.807) is 26.2 Å². The SMILES string of the molecule is CC[C@]1(c2cccc(-c3ccnn3C)c2)C2=CN=NC2NC2=C1C(=O)CC(C)(C)[C@@H]2F. The molecule has 7 heteroatoms. The lowest BCUT2D eigenvalue weighted by molar-refractivity contribution is -0.120. The van der Waals surface area contributed by atoms with Gasteiger partial charge >= 0.3 is 0 Å². The zero-order chi connectivity index (χ0) is 22.0. The third-order valence-electron chi connectivity index (χ3n) is 6.99. The van der Waals surface area contributed by atoms with Crippen molar-refractivity contribution in [1.29, 1.82) is 0 Å². The van der Waals surface area contributed by atoms with Gasteiger partial charge < -0.3 is 5.32 Å². The minimum atomic E-state index is -1.27. The van der Waals surface area contributed by atoms with Gasteiger partial charge in [-0.2, -0.15) is 15.3 Å². The summed E-state index contributed by atoms with van der Waals surface area (Å²) in [6.07, 6.45) is 2.54. The predicted molar refractivity (Wildman–Crippen MR) is 116 cm³/mol. The van der Waals surface area contributed by atoms with Crippen LogP contribution in [0.2, 0.25) is 0 Å². The van der Waals surface area contributed by atoms with E-state index in [-0.39, 0.29) is 12.2 Å². The fourth-order valence-electron chi connectivity index (χ4n) is 5.41. The molecule has 3 atom stereocenters. The van der Waals surface area contributed by atoms with Gasteiger partial charge in [-0.15, -0.1) is 0 Å². The highest BCUT2D eigenvalue weighted by molar-refractivity contribution is 6.02. The van der Waals surface area contributed by atoms with E-state index in [2.05, 4.69) is 26.7 Å². The summed E-state index contributed by atoms with van der Waals surface area (Å²) >= 11 is 0. The number of hydrogen-bond acceptors (Lipinski definition) is 5. The zero-order valence-electron chi connectivity index (χ0n) is 18.2. The summed E-state index contributed by atoms with van der Waals surface area (Å²) in [5, 5.41) is 15.9. The molecule has 160 valence electrons. The number of rotatable bonds is 3. The van der Waals surface area contributed by atoms with Crippen molar-refractivity contribution in [3.63, 3.8) is 0 Å². The molecular weight excluding hydrogens is 393 g/mol. The molecule has 0 amide bonds. The van der Waals surface area contributed by atoms with Crippen molar-refractivity contribution in [2.75, 3.05) is 0 Å². The molecule has 0 spiro atoms. The monoisotopic (exact) mass is 419 g/mol. The number of carbonyl (C=O) groups is 1. The van der Waals surface area contributed by atoms with E-state index in [9.17, 15) is 4.79 Å². The van der Waals surface area contributed by atoms with Crippen LogP contribution in [0.1, 0.15) is 39.2 Å². The number of azo groups is 1. The highest BCUT2D eigenvalue weighted by atomic mass is 19.1.